The van der Waals surface area contributed by atoms with Gasteiger partial charge < -0.3 is 31.3 Å². The van der Waals surface area contributed by atoms with E-state index in [1.807, 2.05) is 6.07 Å². The first-order valence-electron chi connectivity index (χ1n) is 12.1. The Bertz CT molecular complexity index is 1450. The van der Waals surface area contributed by atoms with E-state index < -0.39 is 29.9 Å². The summed E-state index contributed by atoms with van der Waals surface area (Å²) in [6.45, 7) is 1.76. The molecule has 38 heavy (non-hydrogen) atoms. The number of aryl methyl sites for hydroxylation is 1. The number of rotatable bonds is 7. The molecule has 13 heteroatoms. The third-order valence-electron chi connectivity index (χ3n) is 6.70. The number of pyridine rings is 1. The van der Waals surface area contributed by atoms with Crippen molar-refractivity contribution in [2.45, 2.75) is 38.8 Å². The number of halogens is 2. The van der Waals surface area contributed by atoms with Crippen LogP contribution in [0.15, 0.2) is 30.5 Å². The maximum atomic E-state index is 14.2. The summed E-state index contributed by atoms with van der Waals surface area (Å²) in [5, 5.41) is 34.7. The summed E-state index contributed by atoms with van der Waals surface area (Å²) in [6.07, 6.45) is -0.516. The Morgan fingerprint density at radius 3 is 2.63 bits per heavy atom. The molecule has 0 spiro atoms. The molecule has 0 radical (unpaired) electrons. The molecule has 1 aliphatic heterocycles. The highest BCUT2D eigenvalue weighted by molar-refractivity contribution is 7.21. The highest BCUT2D eigenvalue weighted by Crippen LogP contribution is 2.40. The number of nitrogens with two attached hydrogens (primary N) is 1. The molecule has 1 fully saturated rings. The molecule has 4 aromatic rings. The topological polar surface area (TPSA) is 154 Å². The van der Waals surface area contributed by atoms with Gasteiger partial charge in [-0.3, -0.25) is 4.98 Å². The van der Waals surface area contributed by atoms with E-state index in [0.29, 0.717) is 39.7 Å². The van der Waals surface area contributed by atoms with Gasteiger partial charge in [0.15, 0.2) is 6.23 Å². The van der Waals surface area contributed by atoms with Gasteiger partial charge in [-0.15, -0.1) is 11.3 Å². The molecule has 4 heterocycles. The monoisotopic (exact) mass is 543 g/mol. The lowest BCUT2D eigenvalue weighted by atomic mass is 9.93. The van der Waals surface area contributed by atoms with Gasteiger partial charge >= 0.3 is 0 Å². The first-order valence-corrected chi connectivity index (χ1v) is 12.9. The van der Waals surface area contributed by atoms with Crippen LogP contribution in [0, 0.1) is 24.5 Å². The fraction of sp³-hybridized carbons (Fsp3) is 0.360. The van der Waals surface area contributed by atoms with Gasteiger partial charge in [-0.1, -0.05) is 6.07 Å². The maximum Gasteiger partial charge on any atom is 0.225 e. The summed E-state index contributed by atoms with van der Waals surface area (Å²) in [4.78, 5) is 19.7. The van der Waals surface area contributed by atoms with Gasteiger partial charge in [-0.05, 0) is 31.5 Å². The van der Waals surface area contributed by atoms with Crippen molar-refractivity contribution in [2.24, 2.45) is 11.7 Å². The minimum atomic E-state index is -1.36. The number of nitrogens with one attached hydrogen (secondary N) is 1. The number of piperidine rings is 1. The molecule has 1 aromatic carbocycles. The van der Waals surface area contributed by atoms with E-state index in [1.165, 1.54) is 34.4 Å². The normalized spacial score (nSPS) is 19.8. The molecule has 0 bridgehead atoms. The highest BCUT2D eigenvalue weighted by Gasteiger charge is 2.38. The van der Waals surface area contributed by atoms with Crippen LogP contribution in [0.3, 0.4) is 0 Å². The van der Waals surface area contributed by atoms with Crippen molar-refractivity contribution in [3.63, 3.8) is 0 Å². The fourth-order valence-corrected chi connectivity index (χ4v) is 5.67. The average molecular weight is 544 g/mol. The van der Waals surface area contributed by atoms with Crippen molar-refractivity contribution in [1.29, 1.82) is 0 Å². The molecule has 1 saturated heterocycles. The second-order valence-corrected chi connectivity index (χ2v) is 10.1. The molecule has 5 rings (SSSR count). The number of nitrogens with zero attached hydrogens (tertiary/aromatic N) is 5. The van der Waals surface area contributed by atoms with E-state index in [1.54, 1.807) is 13.1 Å². The zero-order valence-electron chi connectivity index (χ0n) is 20.5. The van der Waals surface area contributed by atoms with Gasteiger partial charge in [0.2, 0.25) is 5.95 Å². The van der Waals surface area contributed by atoms with Crippen LogP contribution >= 0.6 is 11.3 Å². The fourth-order valence-electron chi connectivity index (χ4n) is 4.59. The van der Waals surface area contributed by atoms with Crippen molar-refractivity contribution in [3.05, 3.63) is 59.0 Å². The van der Waals surface area contributed by atoms with Gasteiger partial charge in [0, 0.05) is 43.9 Å². The summed E-state index contributed by atoms with van der Waals surface area (Å²) in [5.74, 6) is -1.52. The first-order chi connectivity index (χ1) is 18.3. The van der Waals surface area contributed by atoms with Crippen molar-refractivity contribution < 1.29 is 24.1 Å². The number of fused-ring (bicyclic) bond motifs is 1. The number of aliphatic hydroxyl groups is 3. The van der Waals surface area contributed by atoms with Crippen LogP contribution < -0.4 is 16.0 Å². The second-order valence-electron chi connectivity index (χ2n) is 9.04. The van der Waals surface area contributed by atoms with Gasteiger partial charge in [0.1, 0.15) is 34.1 Å². The van der Waals surface area contributed by atoms with Crippen LogP contribution in [0.5, 0.6) is 0 Å². The van der Waals surface area contributed by atoms with Crippen LogP contribution in [0.2, 0.25) is 0 Å². The first kappa shape index (κ1) is 26.3. The highest BCUT2D eigenvalue weighted by atomic mass is 32.1. The molecule has 10 nitrogen and oxygen atoms in total. The Morgan fingerprint density at radius 1 is 1.16 bits per heavy atom. The van der Waals surface area contributed by atoms with Crippen LogP contribution in [0.25, 0.3) is 20.8 Å². The average Bonchev–Trinajstić information content (AvgIpc) is 3.33. The third kappa shape index (κ3) is 4.78. The molecular weight excluding hydrogens is 516 g/mol. The molecule has 6 N–H and O–H groups in total. The summed E-state index contributed by atoms with van der Waals surface area (Å²) >= 11 is 1.38. The quantitative estimate of drug-likeness (QED) is 0.235. The van der Waals surface area contributed by atoms with E-state index in [-0.39, 0.29) is 37.8 Å². The molecule has 0 unspecified atom stereocenters. The van der Waals surface area contributed by atoms with Crippen LogP contribution in [-0.2, 0) is 13.1 Å². The summed E-state index contributed by atoms with van der Waals surface area (Å²) in [7, 11) is 0. The molecule has 200 valence electrons. The molecule has 3 aromatic heterocycles. The SMILES string of the molecule is Cc1nc(NCc2c(F)cccc2F)nc(N2CC[C@H](CO)[C@@H](O)[C@H]2O)c1-c1nc2c(CN)nccc2s1. The standard InChI is InChI=1S/C25H27F2N7O3S/c1-12-19(23-32-20-17(9-28)29-7-5-18(20)38-23)22(34-8-6-13(11-35)21(36)24(34)37)33-25(31-12)30-10-14-15(26)3-2-4-16(14)27/h2-5,7,13,21,24,35-37H,6,8-11,28H2,1H3,(H,30,31,33)/t13-,21-,24-/m1/s1. The van der Waals surface area contributed by atoms with E-state index in [9.17, 15) is 24.1 Å². The van der Waals surface area contributed by atoms with E-state index in [4.69, 9.17) is 10.7 Å². The zero-order chi connectivity index (χ0) is 27.0. The van der Waals surface area contributed by atoms with Crippen LogP contribution in [0.1, 0.15) is 23.4 Å². The largest absolute Gasteiger partial charge is 0.396 e. The number of aromatic nitrogens is 4. The van der Waals surface area contributed by atoms with E-state index in [2.05, 4.69) is 20.3 Å². The van der Waals surface area contributed by atoms with Crippen molar-refractivity contribution in [3.8, 4) is 10.6 Å². The molecule has 3 atom stereocenters. The predicted octanol–water partition coefficient (Wildman–Crippen LogP) is 2.30. The third-order valence-corrected chi connectivity index (χ3v) is 7.74. The van der Waals surface area contributed by atoms with Crippen LogP contribution in [-0.4, -0.2) is 60.7 Å². The maximum absolute atomic E-state index is 14.2. The lowest BCUT2D eigenvalue weighted by molar-refractivity contribution is -0.0519. The van der Waals surface area contributed by atoms with Gasteiger partial charge in [0.25, 0.3) is 0 Å². The number of benzene rings is 1. The van der Waals surface area contributed by atoms with Gasteiger partial charge in [-0.2, -0.15) is 4.98 Å². The minimum absolute atomic E-state index is 0.0836. The Labute approximate surface area is 220 Å². The van der Waals surface area contributed by atoms with Gasteiger partial charge in [-0.25, -0.2) is 18.7 Å². The Balaban J connectivity index is 1.60. The zero-order valence-corrected chi connectivity index (χ0v) is 21.3. The van der Waals surface area contributed by atoms with Crippen LogP contribution in [0.4, 0.5) is 20.5 Å². The Kier molecular flexibility index (Phi) is 7.45. The summed E-state index contributed by atoms with van der Waals surface area (Å²) < 4.78 is 29.2. The number of hydrogen-bond acceptors (Lipinski definition) is 11. The molecule has 0 aliphatic carbocycles. The molecule has 1 aliphatic rings. The smallest absolute Gasteiger partial charge is 0.225 e. The van der Waals surface area contributed by atoms with Crippen molar-refractivity contribution >= 4 is 33.3 Å². The minimum Gasteiger partial charge on any atom is -0.396 e. The van der Waals surface area contributed by atoms with E-state index >= 15 is 0 Å². The van der Waals surface area contributed by atoms with Crippen molar-refractivity contribution in [2.75, 3.05) is 23.4 Å². The number of thiazole rings is 1. The second kappa shape index (κ2) is 10.8. The summed E-state index contributed by atoms with van der Waals surface area (Å²) in [5.41, 5.74) is 8.00. The number of hydrogen-bond donors (Lipinski definition) is 5. The number of anilines is 2. The lowest BCUT2D eigenvalue weighted by Gasteiger charge is -2.41. The molecule has 0 amide bonds. The van der Waals surface area contributed by atoms with E-state index in [0.717, 1.165) is 4.70 Å². The van der Waals surface area contributed by atoms with Gasteiger partial charge in [0.05, 0.1) is 21.7 Å². The summed E-state index contributed by atoms with van der Waals surface area (Å²) in [6, 6.07) is 5.45. The Morgan fingerprint density at radius 2 is 1.92 bits per heavy atom. The molecular formula is C25H27F2N7O3S. The Hall–Kier alpha value is -3.36. The molecule has 0 saturated carbocycles. The van der Waals surface area contributed by atoms with Crippen molar-refractivity contribution in [1.82, 2.24) is 19.9 Å². The predicted molar refractivity (Wildman–Crippen MR) is 139 cm³/mol. The number of aliphatic hydroxyl groups excluding tert-OH is 3. The lowest BCUT2D eigenvalue weighted by Crippen LogP contribution is -2.54.